The minimum absolute atomic E-state index is 0.00311. The number of carbonyl (C=O) groups is 1. The second-order valence-corrected chi connectivity index (χ2v) is 6.73. The van der Waals surface area contributed by atoms with Gasteiger partial charge >= 0.3 is 0 Å². The molecule has 5 rings (SSSR count). The van der Waals surface area contributed by atoms with Crippen LogP contribution in [-0.4, -0.2) is 64.0 Å². The molecule has 0 radical (unpaired) electrons. The second-order valence-electron chi connectivity index (χ2n) is 6.73. The van der Waals surface area contributed by atoms with Gasteiger partial charge in [0.25, 0.3) is 11.9 Å². The first-order chi connectivity index (χ1) is 12.3. The van der Waals surface area contributed by atoms with Crippen molar-refractivity contribution in [2.45, 2.75) is 31.1 Å². The largest absolute Gasteiger partial charge is 0.335 e. The fraction of sp³-hybridized carbons (Fsp3) is 0.467. The van der Waals surface area contributed by atoms with Gasteiger partial charge in [0.05, 0.1) is 6.20 Å². The zero-order valence-electron chi connectivity index (χ0n) is 13.5. The SMILES string of the molecule is O=C(c1nc(-n2cnnc2)n[nH]1)N1CCCC2(CCc3cn[nH]c32)C1. The molecule has 0 aromatic carbocycles. The summed E-state index contributed by atoms with van der Waals surface area (Å²) in [6, 6.07) is 0. The average molecular weight is 339 g/mol. The van der Waals surface area contributed by atoms with Crippen molar-refractivity contribution in [1.29, 1.82) is 0 Å². The topological polar surface area (TPSA) is 121 Å². The smallest absolute Gasteiger partial charge is 0.291 e. The molecule has 1 atom stereocenters. The predicted octanol–water partition coefficient (Wildman–Crippen LogP) is 0.229. The Labute approximate surface area is 142 Å². The van der Waals surface area contributed by atoms with Gasteiger partial charge in [-0.2, -0.15) is 10.1 Å². The molecule has 3 aromatic heterocycles. The highest BCUT2D eigenvalue weighted by Crippen LogP contribution is 2.43. The monoisotopic (exact) mass is 339 g/mol. The van der Waals surface area contributed by atoms with E-state index in [-0.39, 0.29) is 17.1 Å². The van der Waals surface area contributed by atoms with Crippen LogP contribution in [0.2, 0.25) is 0 Å². The van der Waals surface area contributed by atoms with Gasteiger partial charge in [0.15, 0.2) is 0 Å². The van der Waals surface area contributed by atoms with Crippen LogP contribution in [0.15, 0.2) is 18.9 Å². The number of nitrogens with one attached hydrogen (secondary N) is 2. The van der Waals surface area contributed by atoms with Crippen molar-refractivity contribution >= 4 is 5.91 Å². The molecule has 2 aliphatic rings. The van der Waals surface area contributed by atoms with Gasteiger partial charge in [-0.3, -0.25) is 19.6 Å². The van der Waals surface area contributed by atoms with Crippen molar-refractivity contribution < 1.29 is 4.79 Å². The summed E-state index contributed by atoms with van der Waals surface area (Å²) < 4.78 is 1.55. The van der Waals surface area contributed by atoms with Crippen molar-refractivity contribution in [2.24, 2.45) is 0 Å². The minimum atomic E-state index is -0.126. The van der Waals surface area contributed by atoms with E-state index in [0.717, 1.165) is 32.2 Å². The van der Waals surface area contributed by atoms with Gasteiger partial charge in [-0.25, -0.2) is 0 Å². The zero-order chi connectivity index (χ0) is 16.9. The molecular weight excluding hydrogens is 322 g/mol. The van der Waals surface area contributed by atoms with Gasteiger partial charge in [-0.05, 0) is 31.2 Å². The maximum Gasteiger partial charge on any atom is 0.291 e. The minimum Gasteiger partial charge on any atom is -0.335 e. The molecule has 2 N–H and O–H groups in total. The molecular formula is C15H17N9O. The van der Waals surface area contributed by atoms with Crippen LogP contribution < -0.4 is 0 Å². The Bertz CT molecular complexity index is 911. The molecule has 3 aromatic rings. The van der Waals surface area contributed by atoms with Crippen molar-refractivity contribution in [1.82, 2.24) is 45.0 Å². The number of fused-ring (bicyclic) bond motifs is 2. The Morgan fingerprint density at radius 3 is 2.96 bits per heavy atom. The van der Waals surface area contributed by atoms with Gasteiger partial charge in [0.1, 0.15) is 12.7 Å². The highest BCUT2D eigenvalue weighted by molar-refractivity contribution is 5.90. The van der Waals surface area contributed by atoms with E-state index in [4.69, 9.17) is 0 Å². The Morgan fingerprint density at radius 1 is 1.20 bits per heavy atom. The van der Waals surface area contributed by atoms with Gasteiger partial charge < -0.3 is 4.90 Å². The number of aryl methyl sites for hydroxylation is 1. The van der Waals surface area contributed by atoms with E-state index in [0.29, 0.717) is 12.5 Å². The Kier molecular flexibility index (Phi) is 2.99. The second kappa shape index (κ2) is 5.23. The molecule has 1 aliphatic carbocycles. The molecule has 10 heteroatoms. The Hall–Kier alpha value is -3.04. The predicted molar refractivity (Wildman–Crippen MR) is 85.0 cm³/mol. The molecule has 1 fully saturated rings. The fourth-order valence-corrected chi connectivity index (χ4v) is 4.09. The molecule has 25 heavy (non-hydrogen) atoms. The number of piperidine rings is 1. The van der Waals surface area contributed by atoms with Crippen LogP contribution in [0.25, 0.3) is 5.95 Å². The summed E-state index contributed by atoms with van der Waals surface area (Å²) >= 11 is 0. The summed E-state index contributed by atoms with van der Waals surface area (Å²) in [7, 11) is 0. The summed E-state index contributed by atoms with van der Waals surface area (Å²) in [5, 5.41) is 21.6. The first kappa shape index (κ1) is 14.3. The quantitative estimate of drug-likeness (QED) is 0.689. The normalized spacial score (nSPS) is 22.5. The molecule has 1 unspecified atom stereocenters. The number of likely N-dealkylation sites (tertiary alicyclic amines) is 1. The summed E-state index contributed by atoms with van der Waals surface area (Å²) in [5.74, 6) is 0.472. The van der Waals surface area contributed by atoms with Crippen molar-refractivity contribution in [3.05, 3.63) is 35.9 Å². The summed E-state index contributed by atoms with van der Waals surface area (Å²) in [5.41, 5.74) is 2.48. The first-order valence-corrected chi connectivity index (χ1v) is 8.35. The van der Waals surface area contributed by atoms with Gasteiger partial charge in [0.2, 0.25) is 5.82 Å². The highest BCUT2D eigenvalue weighted by Gasteiger charge is 2.44. The van der Waals surface area contributed by atoms with Crippen LogP contribution in [0, 0.1) is 0 Å². The number of rotatable bonds is 2. The van der Waals surface area contributed by atoms with Gasteiger partial charge in [0, 0.05) is 24.2 Å². The Balaban J connectivity index is 1.39. The fourth-order valence-electron chi connectivity index (χ4n) is 4.09. The van der Waals surface area contributed by atoms with E-state index < -0.39 is 0 Å². The molecule has 10 nitrogen and oxygen atoms in total. The molecule has 128 valence electrons. The van der Waals surface area contributed by atoms with E-state index >= 15 is 0 Å². The molecule has 1 aliphatic heterocycles. The number of hydrogen-bond donors (Lipinski definition) is 2. The van der Waals surface area contributed by atoms with Crippen LogP contribution in [0.4, 0.5) is 0 Å². The maximum absolute atomic E-state index is 12.9. The third kappa shape index (κ3) is 2.17. The number of nitrogens with zero attached hydrogens (tertiary/aromatic N) is 7. The number of aromatic nitrogens is 8. The van der Waals surface area contributed by atoms with Gasteiger partial charge in [-0.15, -0.1) is 15.3 Å². The summed E-state index contributed by atoms with van der Waals surface area (Å²) in [6.45, 7) is 1.41. The number of aromatic amines is 2. The molecule has 0 bridgehead atoms. The lowest BCUT2D eigenvalue weighted by molar-refractivity contribution is 0.0621. The Morgan fingerprint density at radius 2 is 2.08 bits per heavy atom. The summed E-state index contributed by atoms with van der Waals surface area (Å²) in [4.78, 5) is 19.1. The van der Waals surface area contributed by atoms with Gasteiger partial charge in [-0.1, -0.05) is 0 Å². The molecule has 4 heterocycles. The van der Waals surface area contributed by atoms with Crippen LogP contribution in [-0.2, 0) is 11.8 Å². The van der Waals surface area contributed by atoms with Crippen LogP contribution in [0.5, 0.6) is 0 Å². The number of amides is 1. The van der Waals surface area contributed by atoms with E-state index in [2.05, 4.69) is 35.6 Å². The lowest BCUT2D eigenvalue weighted by Crippen LogP contribution is -2.48. The third-order valence-corrected chi connectivity index (χ3v) is 5.31. The lowest BCUT2D eigenvalue weighted by Gasteiger charge is -2.40. The maximum atomic E-state index is 12.9. The van der Waals surface area contributed by atoms with E-state index in [1.165, 1.54) is 23.9 Å². The highest BCUT2D eigenvalue weighted by atomic mass is 16.2. The third-order valence-electron chi connectivity index (χ3n) is 5.31. The van der Waals surface area contributed by atoms with Crippen molar-refractivity contribution in [2.75, 3.05) is 13.1 Å². The molecule has 1 amide bonds. The summed E-state index contributed by atoms with van der Waals surface area (Å²) in [6.07, 6.45) is 9.02. The molecule has 1 spiro atoms. The van der Waals surface area contributed by atoms with Crippen molar-refractivity contribution in [3.8, 4) is 5.95 Å². The molecule has 1 saturated heterocycles. The average Bonchev–Trinajstić information content (AvgIpc) is 3.41. The first-order valence-electron chi connectivity index (χ1n) is 8.35. The van der Waals surface area contributed by atoms with Crippen LogP contribution in [0.3, 0.4) is 0 Å². The number of carbonyl (C=O) groups excluding carboxylic acids is 1. The number of H-pyrrole nitrogens is 2. The molecule has 0 saturated carbocycles. The van der Waals surface area contributed by atoms with E-state index in [1.54, 1.807) is 4.57 Å². The van der Waals surface area contributed by atoms with Crippen molar-refractivity contribution in [3.63, 3.8) is 0 Å². The number of hydrogen-bond acceptors (Lipinski definition) is 6. The van der Waals surface area contributed by atoms with Crippen LogP contribution >= 0.6 is 0 Å². The van der Waals surface area contributed by atoms with Crippen LogP contribution in [0.1, 0.15) is 41.1 Å². The standard InChI is InChI=1S/C15H17N9O/c25-13(12-19-14(22-21-12)24-8-17-18-9-24)23-5-1-3-15(7-23)4-2-10-6-16-20-11(10)15/h6,8-9H,1-5,7H2,(H,16,20)(H,19,21,22). The zero-order valence-corrected chi connectivity index (χ0v) is 13.5. The van der Waals surface area contributed by atoms with E-state index in [9.17, 15) is 4.79 Å². The lowest BCUT2D eigenvalue weighted by atomic mass is 9.77. The van der Waals surface area contributed by atoms with E-state index in [1.807, 2.05) is 11.1 Å².